The Balaban J connectivity index is 1.83. The van der Waals surface area contributed by atoms with Crippen LogP contribution in [0.25, 0.3) is 0 Å². The fourth-order valence-electron chi connectivity index (χ4n) is 2.85. The number of benzene rings is 1. The molecule has 1 heterocycles. The lowest BCUT2D eigenvalue weighted by molar-refractivity contribution is -0.143. The predicted octanol–water partition coefficient (Wildman–Crippen LogP) is 3.28. The van der Waals surface area contributed by atoms with E-state index in [-0.39, 0.29) is 5.92 Å². The van der Waals surface area contributed by atoms with Crippen molar-refractivity contribution in [2.45, 2.75) is 26.1 Å². The summed E-state index contributed by atoms with van der Waals surface area (Å²) in [5, 5.41) is 7.04. The Hall–Kier alpha value is -1.47. The molecule has 1 aromatic carbocycles. The third kappa shape index (κ3) is 7.12. The molecule has 1 aliphatic rings. The molecule has 2 N–H and O–H groups in total. The molecule has 0 radical (unpaired) electrons. The highest BCUT2D eigenvalue weighted by atomic mass is 35.5. The van der Waals surface area contributed by atoms with Gasteiger partial charge in [-0.3, -0.25) is 4.90 Å². The standard InChI is InChI=1S/C17H24ClF3N4/c1-2-22-16(24-10-14-5-3-4-6-15(14)18)23-9-13-7-8-25(11-13)12-17(19,20)21/h3-6,13H,2,7-12H2,1H3,(H2,22,23,24). The quantitative estimate of drug-likeness (QED) is 0.591. The molecule has 1 aromatic rings. The monoisotopic (exact) mass is 376 g/mol. The van der Waals surface area contributed by atoms with Gasteiger partial charge in [-0.15, -0.1) is 0 Å². The minimum absolute atomic E-state index is 0.187. The molecule has 4 nitrogen and oxygen atoms in total. The van der Waals surface area contributed by atoms with E-state index in [9.17, 15) is 13.2 Å². The van der Waals surface area contributed by atoms with Gasteiger partial charge in [0.25, 0.3) is 0 Å². The highest BCUT2D eigenvalue weighted by Crippen LogP contribution is 2.22. The zero-order chi connectivity index (χ0) is 18.3. The number of likely N-dealkylation sites (tertiary alicyclic amines) is 1. The lowest BCUT2D eigenvalue weighted by Crippen LogP contribution is -2.40. The minimum Gasteiger partial charge on any atom is -0.357 e. The van der Waals surface area contributed by atoms with Crippen molar-refractivity contribution in [2.75, 3.05) is 32.7 Å². The molecule has 0 aliphatic carbocycles. The zero-order valence-electron chi connectivity index (χ0n) is 14.2. The Bertz CT molecular complexity index is 577. The molecule has 140 valence electrons. The van der Waals surface area contributed by atoms with E-state index in [1.165, 1.54) is 4.90 Å². The molecule has 0 aromatic heterocycles. The van der Waals surface area contributed by atoms with Gasteiger partial charge in [0.05, 0.1) is 13.1 Å². The van der Waals surface area contributed by atoms with E-state index >= 15 is 0 Å². The topological polar surface area (TPSA) is 39.7 Å². The van der Waals surface area contributed by atoms with Crippen LogP contribution in [-0.4, -0.2) is 49.8 Å². The Morgan fingerprint density at radius 3 is 2.76 bits per heavy atom. The van der Waals surface area contributed by atoms with Crippen molar-refractivity contribution in [3.63, 3.8) is 0 Å². The second-order valence-electron chi connectivity index (χ2n) is 6.17. The van der Waals surface area contributed by atoms with Crippen molar-refractivity contribution < 1.29 is 13.2 Å². The lowest BCUT2D eigenvalue weighted by atomic mass is 10.1. The first-order chi connectivity index (χ1) is 11.9. The van der Waals surface area contributed by atoms with Crippen LogP contribution in [0.1, 0.15) is 18.9 Å². The number of hydrogen-bond donors (Lipinski definition) is 2. The molecule has 25 heavy (non-hydrogen) atoms. The van der Waals surface area contributed by atoms with E-state index in [2.05, 4.69) is 15.6 Å². The smallest absolute Gasteiger partial charge is 0.357 e. The van der Waals surface area contributed by atoms with Crippen molar-refractivity contribution in [1.82, 2.24) is 15.5 Å². The summed E-state index contributed by atoms with van der Waals surface area (Å²) in [6, 6.07) is 7.51. The Labute approximate surface area is 151 Å². The summed E-state index contributed by atoms with van der Waals surface area (Å²) in [6.07, 6.45) is -3.37. The van der Waals surface area contributed by atoms with Crippen LogP contribution in [0.4, 0.5) is 13.2 Å². The number of hydrogen-bond acceptors (Lipinski definition) is 2. The third-order valence-corrected chi connectivity index (χ3v) is 4.41. The molecular weight excluding hydrogens is 353 g/mol. The molecule has 1 fully saturated rings. The van der Waals surface area contributed by atoms with E-state index in [1.807, 2.05) is 31.2 Å². The molecule has 1 saturated heterocycles. The maximum atomic E-state index is 12.4. The van der Waals surface area contributed by atoms with Crippen LogP contribution in [-0.2, 0) is 6.54 Å². The van der Waals surface area contributed by atoms with Gasteiger partial charge in [-0.05, 0) is 37.4 Å². The lowest BCUT2D eigenvalue weighted by Gasteiger charge is -2.18. The fraction of sp³-hybridized carbons (Fsp3) is 0.588. The van der Waals surface area contributed by atoms with E-state index in [0.29, 0.717) is 43.7 Å². The van der Waals surface area contributed by atoms with E-state index in [1.54, 1.807) is 0 Å². The normalized spacial score (nSPS) is 19.2. The third-order valence-electron chi connectivity index (χ3n) is 4.04. The van der Waals surface area contributed by atoms with Gasteiger partial charge in [0.2, 0.25) is 0 Å². The number of guanidine groups is 1. The van der Waals surface area contributed by atoms with Crippen molar-refractivity contribution >= 4 is 17.6 Å². The molecule has 0 spiro atoms. The maximum absolute atomic E-state index is 12.4. The number of rotatable bonds is 6. The van der Waals surface area contributed by atoms with Gasteiger partial charge in [0.1, 0.15) is 0 Å². The van der Waals surface area contributed by atoms with Gasteiger partial charge >= 0.3 is 6.18 Å². The average molecular weight is 377 g/mol. The largest absolute Gasteiger partial charge is 0.401 e. The maximum Gasteiger partial charge on any atom is 0.401 e. The summed E-state index contributed by atoms with van der Waals surface area (Å²) < 4.78 is 37.3. The van der Waals surface area contributed by atoms with E-state index < -0.39 is 12.7 Å². The summed E-state index contributed by atoms with van der Waals surface area (Å²) in [7, 11) is 0. The van der Waals surface area contributed by atoms with Crippen molar-refractivity contribution in [3.05, 3.63) is 34.9 Å². The molecule has 0 amide bonds. The first-order valence-corrected chi connectivity index (χ1v) is 8.80. The highest BCUT2D eigenvalue weighted by molar-refractivity contribution is 6.31. The molecule has 0 bridgehead atoms. The minimum atomic E-state index is -4.13. The number of alkyl halides is 3. The van der Waals surface area contributed by atoms with Gasteiger partial charge in [0.15, 0.2) is 5.96 Å². The molecule has 0 saturated carbocycles. The summed E-state index contributed by atoms with van der Waals surface area (Å²) in [6.45, 7) is 3.83. The molecule has 8 heteroatoms. The number of nitrogens with zero attached hydrogens (tertiary/aromatic N) is 2. The Morgan fingerprint density at radius 2 is 2.08 bits per heavy atom. The number of halogens is 4. The molecule has 1 atom stereocenters. The number of aliphatic imine (C=N–C) groups is 1. The first-order valence-electron chi connectivity index (χ1n) is 8.42. The van der Waals surface area contributed by atoms with Crippen LogP contribution < -0.4 is 10.6 Å². The van der Waals surface area contributed by atoms with Crippen molar-refractivity contribution in [1.29, 1.82) is 0 Å². The second kappa shape index (κ2) is 9.29. The van der Waals surface area contributed by atoms with E-state index in [0.717, 1.165) is 12.0 Å². The molecule has 1 unspecified atom stereocenters. The summed E-state index contributed by atoms with van der Waals surface area (Å²) in [5.74, 6) is 0.836. The Kier molecular flexibility index (Phi) is 7.38. The van der Waals surface area contributed by atoms with Crippen LogP contribution in [0.5, 0.6) is 0 Å². The summed E-state index contributed by atoms with van der Waals surface area (Å²) in [4.78, 5) is 5.96. The molecule has 2 rings (SSSR count). The molecular formula is C17H24ClF3N4. The van der Waals surface area contributed by atoms with Gasteiger partial charge in [0, 0.05) is 24.7 Å². The molecule has 1 aliphatic heterocycles. The van der Waals surface area contributed by atoms with Crippen LogP contribution in [0.3, 0.4) is 0 Å². The van der Waals surface area contributed by atoms with Gasteiger partial charge in [-0.25, -0.2) is 4.99 Å². The van der Waals surface area contributed by atoms with Crippen LogP contribution in [0.2, 0.25) is 5.02 Å². The Morgan fingerprint density at radius 1 is 1.32 bits per heavy atom. The van der Waals surface area contributed by atoms with Gasteiger partial charge in [-0.2, -0.15) is 13.2 Å². The highest BCUT2D eigenvalue weighted by Gasteiger charge is 2.34. The number of nitrogens with one attached hydrogen (secondary N) is 2. The first kappa shape index (κ1) is 19.8. The summed E-state index contributed by atoms with van der Waals surface area (Å²) in [5.41, 5.74) is 0.929. The SMILES string of the molecule is CCNC(=NCc1ccccc1Cl)NCC1CCN(CC(F)(F)F)C1. The zero-order valence-corrected chi connectivity index (χ0v) is 15.0. The van der Waals surface area contributed by atoms with Gasteiger partial charge in [-0.1, -0.05) is 29.8 Å². The van der Waals surface area contributed by atoms with Crippen molar-refractivity contribution in [2.24, 2.45) is 10.9 Å². The van der Waals surface area contributed by atoms with Gasteiger partial charge < -0.3 is 10.6 Å². The van der Waals surface area contributed by atoms with Crippen LogP contribution >= 0.6 is 11.6 Å². The van der Waals surface area contributed by atoms with Crippen molar-refractivity contribution in [3.8, 4) is 0 Å². The second-order valence-corrected chi connectivity index (χ2v) is 6.58. The van der Waals surface area contributed by atoms with Crippen LogP contribution in [0.15, 0.2) is 29.3 Å². The van der Waals surface area contributed by atoms with E-state index in [4.69, 9.17) is 11.6 Å². The average Bonchev–Trinajstić information content (AvgIpc) is 2.97. The summed E-state index contributed by atoms with van der Waals surface area (Å²) >= 11 is 6.13. The van der Waals surface area contributed by atoms with Crippen LogP contribution in [0, 0.1) is 5.92 Å². The fourth-order valence-corrected chi connectivity index (χ4v) is 3.05. The predicted molar refractivity (Wildman–Crippen MR) is 94.9 cm³/mol.